The first-order chi connectivity index (χ1) is 10.4. The molecule has 0 unspecified atom stereocenters. The zero-order valence-corrected chi connectivity index (χ0v) is 14.0. The van der Waals surface area contributed by atoms with Crippen molar-refractivity contribution in [2.45, 2.75) is 39.0 Å². The van der Waals surface area contributed by atoms with Gasteiger partial charge in [-0.25, -0.2) is 4.39 Å². The number of benzene rings is 1. The Morgan fingerprint density at radius 3 is 2.23 bits per heavy atom. The van der Waals surface area contributed by atoms with Gasteiger partial charge in [-0.2, -0.15) is 0 Å². The molecule has 0 aromatic heterocycles. The van der Waals surface area contributed by atoms with Crippen LogP contribution in [0.2, 0.25) is 0 Å². The average Bonchev–Trinajstić information content (AvgIpc) is 2.85. The number of rotatable bonds is 2. The molecule has 2 heterocycles. The second-order valence-electron chi connectivity index (χ2n) is 5.99. The molecule has 5 heteroatoms. The van der Waals surface area contributed by atoms with Crippen LogP contribution in [0.5, 0.6) is 0 Å². The third-order valence-electron chi connectivity index (χ3n) is 3.32. The number of methoxy groups -OCH3 is 1. The molecule has 0 atom stereocenters. The number of nitrogens with one attached hydrogen (secondary N) is 1. The van der Waals surface area contributed by atoms with Gasteiger partial charge in [-0.3, -0.25) is 4.79 Å². The van der Waals surface area contributed by atoms with Crippen LogP contribution >= 0.6 is 0 Å². The van der Waals surface area contributed by atoms with Gasteiger partial charge in [0.25, 0.3) is 0 Å². The second-order valence-corrected chi connectivity index (χ2v) is 5.99. The molecule has 1 aromatic carbocycles. The molecule has 1 N–H and O–H groups in total. The Morgan fingerprint density at radius 2 is 1.77 bits per heavy atom. The van der Waals surface area contributed by atoms with Crippen molar-refractivity contribution in [3.8, 4) is 0 Å². The van der Waals surface area contributed by atoms with Gasteiger partial charge in [0.1, 0.15) is 0 Å². The minimum atomic E-state index is -1.64. The lowest BCUT2D eigenvalue weighted by Gasteiger charge is -2.33. The molecule has 1 aromatic rings. The van der Waals surface area contributed by atoms with E-state index in [4.69, 9.17) is 0 Å². The highest BCUT2D eigenvalue weighted by atomic mass is 19.1. The molecule has 1 saturated heterocycles. The van der Waals surface area contributed by atoms with Crippen molar-refractivity contribution in [2.75, 3.05) is 32.2 Å². The Kier molecular flexibility index (Phi) is 7.48. The van der Waals surface area contributed by atoms with Crippen LogP contribution in [0.1, 0.15) is 31.4 Å². The lowest BCUT2D eigenvalue weighted by Crippen LogP contribution is -2.36. The summed E-state index contributed by atoms with van der Waals surface area (Å²) in [7, 11) is 3.25. The average molecular weight is 310 g/mol. The number of carbonyl (C=O) groups excluding carboxylic acids is 1. The van der Waals surface area contributed by atoms with E-state index in [0.717, 1.165) is 13.1 Å². The molecule has 4 nitrogen and oxygen atoms in total. The number of hydrogen-bond donors (Lipinski definition) is 1. The number of nitrogens with zero attached hydrogens (tertiary/aromatic N) is 1. The summed E-state index contributed by atoms with van der Waals surface area (Å²) in [5.74, 6) is 0. The zero-order chi connectivity index (χ0) is 16.6. The van der Waals surface area contributed by atoms with Crippen molar-refractivity contribution < 1.29 is 13.9 Å². The summed E-state index contributed by atoms with van der Waals surface area (Å²) in [6, 6.07) is 6.86. The van der Waals surface area contributed by atoms with Crippen LogP contribution in [0.3, 0.4) is 0 Å². The Bertz CT molecular complexity index is 468. The van der Waals surface area contributed by atoms with E-state index >= 15 is 0 Å². The molecule has 124 valence electrons. The topological polar surface area (TPSA) is 41.6 Å². The van der Waals surface area contributed by atoms with Crippen molar-refractivity contribution in [1.82, 2.24) is 5.32 Å². The summed E-state index contributed by atoms with van der Waals surface area (Å²) >= 11 is 0. The molecule has 1 fully saturated rings. The predicted molar refractivity (Wildman–Crippen MR) is 88.0 cm³/mol. The van der Waals surface area contributed by atoms with E-state index in [2.05, 4.69) is 33.2 Å². The van der Waals surface area contributed by atoms with Crippen molar-refractivity contribution in [1.29, 1.82) is 0 Å². The summed E-state index contributed by atoms with van der Waals surface area (Å²) < 4.78 is 16.0. The number of hydrogen-bond acceptors (Lipinski definition) is 4. The minimum absolute atomic E-state index is 0.271. The minimum Gasteiger partial charge on any atom is -0.388 e. The van der Waals surface area contributed by atoms with Crippen molar-refractivity contribution in [3.05, 3.63) is 29.3 Å². The van der Waals surface area contributed by atoms with Crippen LogP contribution in [-0.4, -0.2) is 39.3 Å². The summed E-state index contributed by atoms with van der Waals surface area (Å²) in [6.07, 6.45) is 1.63. The molecule has 22 heavy (non-hydrogen) atoms. The molecule has 0 bridgehead atoms. The van der Waals surface area contributed by atoms with E-state index in [-0.39, 0.29) is 6.29 Å². The molecule has 0 aliphatic carbocycles. The highest BCUT2D eigenvalue weighted by molar-refractivity contribution is 5.60. The fourth-order valence-electron chi connectivity index (χ4n) is 2.05. The normalized spacial score (nSPS) is 15.6. The Morgan fingerprint density at radius 1 is 1.23 bits per heavy atom. The number of halogens is 1. The number of carbonyl (C=O) groups is 1. The van der Waals surface area contributed by atoms with E-state index in [1.807, 2.05) is 0 Å². The molecule has 3 rings (SSSR count). The summed E-state index contributed by atoms with van der Waals surface area (Å²) in [5, 5.41) is 3.37. The summed E-state index contributed by atoms with van der Waals surface area (Å²) in [5.41, 5.74) is 2.74. The van der Waals surface area contributed by atoms with Gasteiger partial charge in [0.05, 0.1) is 0 Å². The Hall–Kier alpha value is -1.46. The van der Waals surface area contributed by atoms with E-state index in [9.17, 15) is 9.18 Å². The zero-order valence-electron chi connectivity index (χ0n) is 14.0. The van der Waals surface area contributed by atoms with Crippen LogP contribution in [0.4, 0.5) is 10.1 Å². The van der Waals surface area contributed by atoms with Gasteiger partial charge < -0.3 is 15.0 Å². The van der Waals surface area contributed by atoms with Gasteiger partial charge in [-0.15, -0.1) is 0 Å². The fraction of sp³-hybridized carbons (Fsp3) is 0.588. The molecule has 2 aliphatic heterocycles. The lowest BCUT2D eigenvalue weighted by atomic mass is 10.1. The highest BCUT2D eigenvalue weighted by Gasteiger charge is 2.17. The van der Waals surface area contributed by atoms with E-state index in [0.29, 0.717) is 0 Å². The van der Waals surface area contributed by atoms with E-state index in [1.165, 1.54) is 50.2 Å². The van der Waals surface area contributed by atoms with E-state index < -0.39 is 5.67 Å². The largest absolute Gasteiger partial charge is 0.388 e. The molecule has 0 amide bonds. The fourth-order valence-corrected chi connectivity index (χ4v) is 2.05. The molecule has 0 spiro atoms. The summed E-state index contributed by atoms with van der Waals surface area (Å²) in [6.45, 7) is 7.01. The third kappa shape index (κ3) is 6.12. The first kappa shape index (κ1) is 18.6. The first-order valence-electron chi connectivity index (χ1n) is 7.54. The third-order valence-corrected chi connectivity index (χ3v) is 3.32. The van der Waals surface area contributed by atoms with E-state index in [1.54, 1.807) is 14.2 Å². The number of alkyl halides is 1. The van der Waals surface area contributed by atoms with Crippen molar-refractivity contribution >= 4 is 12.0 Å². The lowest BCUT2D eigenvalue weighted by molar-refractivity contribution is -0.115. The first-order valence-corrected chi connectivity index (χ1v) is 7.54. The number of fused-ring (bicyclic) bond motifs is 1. The Labute approximate surface area is 132 Å². The van der Waals surface area contributed by atoms with Gasteiger partial charge in [-0.1, -0.05) is 6.07 Å². The number of anilines is 1. The van der Waals surface area contributed by atoms with Crippen LogP contribution in [-0.2, 0) is 22.6 Å². The predicted octanol–water partition coefficient (Wildman–Crippen LogP) is 2.70. The standard InChI is InChI=1S/C11H14N2.C4H7FO.C2H6O/c1-4-13(5-1)11-3-2-9-7-12-8-10(9)6-11;1-4(2,5)3-6;1-3-2/h2-3,6,12H,1,4-5,7-8H2;3H,1-2H3;1-2H3. The molecule has 0 saturated carbocycles. The maximum Gasteiger partial charge on any atom is 0.160 e. The maximum atomic E-state index is 11.8. The molecule has 2 aliphatic rings. The highest BCUT2D eigenvalue weighted by Crippen LogP contribution is 2.25. The van der Waals surface area contributed by atoms with Crippen molar-refractivity contribution in [3.63, 3.8) is 0 Å². The van der Waals surface area contributed by atoms with Gasteiger partial charge >= 0.3 is 0 Å². The number of ether oxygens (including phenoxy) is 1. The molecule has 0 radical (unpaired) electrons. The van der Waals surface area contributed by atoms with Gasteiger partial charge in [0, 0.05) is 46.1 Å². The molecular weight excluding hydrogens is 283 g/mol. The van der Waals surface area contributed by atoms with Crippen LogP contribution in [0.15, 0.2) is 18.2 Å². The quantitative estimate of drug-likeness (QED) is 0.853. The molecular formula is C17H27FN2O2. The number of aldehydes is 1. The smallest absolute Gasteiger partial charge is 0.160 e. The van der Waals surface area contributed by atoms with Gasteiger partial charge in [-0.05, 0) is 43.5 Å². The SMILES string of the molecule is CC(C)(F)C=O.COC.c1cc2c(cc1N1CCC1)CNC2. The maximum absolute atomic E-state index is 11.8. The van der Waals surface area contributed by atoms with Gasteiger partial charge in [0.2, 0.25) is 0 Å². The Balaban J connectivity index is 0.000000229. The monoisotopic (exact) mass is 310 g/mol. The van der Waals surface area contributed by atoms with Crippen LogP contribution < -0.4 is 10.2 Å². The second kappa shape index (κ2) is 8.86. The van der Waals surface area contributed by atoms with Crippen LogP contribution in [0.25, 0.3) is 0 Å². The van der Waals surface area contributed by atoms with Gasteiger partial charge in [0.15, 0.2) is 12.0 Å². The summed E-state index contributed by atoms with van der Waals surface area (Å²) in [4.78, 5) is 11.9. The van der Waals surface area contributed by atoms with Crippen molar-refractivity contribution in [2.24, 2.45) is 0 Å². The van der Waals surface area contributed by atoms with Crippen LogP contribution in [0, 0.1) is 0 Å².